The fraction of sp³-hybridized carbons (Fsp3) is 0.296. The third-order valence-corrected chi connectivity index (χ3v) is 6.27. The number of carbonyl (C=O) groups excluding carboxylic acids is 3. The number of halogens is 2. The Bertz CT molecular complexity index is 1390. The van der Waals surface area contributed by atoms with Crippen LogP contribution in [0.3, 0.4) is 0 Å². The first-order valence-corrected chi connectivity index (χ1v) is 11.9. The van der Waals surface area contributed by atoms with Gasteiger partial charge in [-0.1, -0.05) is 12.1 Å². The quantitative estimate of drug-likeness (QED) is 0.461. The van der Waals surface area contributed by atoms with Crippen LogP contribution in [0.1, 0.15) is 28.8 Å². The third-order valence-electron chi connectivity index (χ3n) is 6.27. The molecule has 0 saturated heterocycles. The van der Waals surface area contributed by atoms with Crippen molar-refractivity contribution in [3.8, 4) is 17.2 Å². The summed E-state index contributed by atoms with van der Waals surface area (Å²) in [5.74, 6) is -1.22. The molecule has 8 nitrogen and oxygen atoms in total. The van der Waals surface area contributed by atoms with Crippen LogP contribution in [0.15, 0.2) is 48.7 Å². The van der Waals surface area contributed by atoms with Crippen molar-refractivity contribution in [2.24, 2.45) is 0 Å². The Morgan fingerprint density at radius 2 is 1.89 bits per heavy atom. The number of nitriles is 1. The Hall–Kier alpha value is -4.39. The molecule has 0 spiro atoms. The van der Waals surface area contributed by atoms with Crippen LogP contribution >= 0.6 is 0 Å². The molecule has 2 heterocycles. The average Bonchev–Trinajstić information content (AvgIpc) is 2.92. The summed E-state index contributed by atoms with van der Waals surface area (Å²) in [5, 5.41) is 15.2. The highest BCUT2D eigenvalue weighted by Crippen LogP contribution is 2.31. The number of hydrogen-bond donors (Lipinski definition) is 2. The highest BCUT2D eigenvalue weighted by molar-refractivity contribution is 6.07. The second-order valence-corrected chi connectivity index (χ2v) is 8.59. The van der Waals surface area contributed by atoms with Crippen molar-refractivity contribution in [3.63, 3.8) is 0 Å². The lowest BCUT2D eigenvalue weighted by molar-refractivity contribution is -0.131. The molecule has 1 aliphatic rings. The van der Waals surface area contributed by atoms with Gasteiger partial charge in [0.25, 0.3) is 5.91 Å². The van der Waals surface area contributed by atoms with E-state index in [1.165, 1.54) is 12.3 Å². The minimum Gasteiger partial charge on any atom is -0.343 e. The van der Waals surface area contributed by atoms with Gasteiger partial charge in [0, 0.05) is 30.1 Å². The Labute approximate surface area is 212 Å². The van der Waals surface area contributed by atoms with Crippen molar-refractivity contribution < 1.29 is 23.2 Å². The van der Waals surface area contributed by atoms with E-state index in [4.69, 9.17) is 0 Å². The van der Waals surface area contributed by atoms with E-state index in [9.17, 15) is 28.4 Å². The van der Waals surface area contributed by atoms with E-state index in [2.05, 4.69) is 15.6 Å². The molecule has 4 rings (SSSR count). The summed E-state index contributed by atoms with van der Waals surface area (Å²) in [7, 11) is 0. The number of amides is 3. The maximum Gasteiger partial charge on any atom is 0.252 e. The van der Waals surface area contributed by atoms with Crippen LogP contribution in [0.25, 0.3) is 22.0 Å². The van der Waals surface area contributed by atoms with E-state index in [-0.39, 0.29) is 18.9 Å². The molecule has 1 atom stereocenters. The van der Waals surface area contributed by atoms with Gasteiger partial charge in [0.05, 0.1) is 36.9 Å². The molecule has 37 heavy (non-hydrogen) atoms. The zero-order valence-electron chi connectivity index (χ0n) is 20.0. The molecule has 0 bridgehead atoms. The highest BCUT2D eigenvalue weighted by atomic mass is 19.1. The minimum absolute atomic E-state index is 0.00969. The van der Waals surface area contributed by atoms with Crippen LogP contribution in [-0.2, 0) is 16.0 Å². The van der Waals surface area contributed by atoms with Gasteiger partial charge < -0.3 is 15.5 Å². The number of pyridine rings is 1. The van der Waals surface area contributed by atoms with E-state index in [1.54, 1.807) is 6.07 Å². The Kier molecular flexibility index (Phi) is 8.03. The molecule has 2 N–H and O–H groups in total. The van der Waals surface area contributed by atoms with Crippen molar-refractivity contribution >= 4 is 34.3 Å². The van der Waals surface area contributed by atoms with Crippen LogP contribution in [0.4, 0.5) is 14.5 Å². The molecule has 3 amide bonds. The highest BCUT2D eigenvalue weighted by Gasteiger charge is 2.24. The first-order chi connectivity index (χ1) is 17.9. The summed E-state index contributed by atoms with van der Waals surface area (Å²) in [4.78, 5) is 42.6. The summed E-state index contributed by atoms with van der Waals surface area (Å²) >= 11 is 0. The molecule has 190 valence electrons. The number of fused-ring (bicyclic) bond motifs is 2. The molecule has 0 fully saturated rings. The summed E-state index contributed by atoms with van der Waals surface area (Å²) in [6.07, 6.45) is 2.32. The van der Waals surface area contributed by atoms with Gasteiger partial charge in [0.1, 0.15) is 12.7 Å². The molecule has 1 aliphatic heterocycles. The van der Waals surface area contributed by atoms with Gasteiger partial charge in [-0.05, 0) is 53.4 Å². The first-order valence-electron chi connectivity index (χ1n) is 11.9. The number of anilines is 1. The molecular formula is C27H25F2N5O3. The average molecular weight is 506 g/mol. The smallest absolute Gasteiger partial charge is 0.252 e. The monoisotopic (exact) mass is 505 g/mol. The first kappa shape index (κ1) is 25.7. The van der Waals surface area contributed by atoms with Crippen molar-refractivity contribution in [1.82, 2.24) is 15.2 Å². The number of nitrogens with one attached hydrogen (secondary N) is 2. The minimum atomic E-state index is -1.11. The van der Waals surface area contributed by atoms with Gasteiger partial charge in [0.15, 0.2) is 0 Å². The summed E-state index contributed by atoms with van der Waals surface area (Å²) < 4.78 is 25.7. The molecular weight excluding hydrogens is 480 g/mol. The zero-order chi connectivity index (χ0) is 26.4. The number of aryl methyl sites for hydroxylation is 1. The number of benzene rings is 2. The van der Waals surface area contributed by atoms with Crippen LogP contribution in [0.5, 0.6) is 0 Å². The van der Waals surface area contributed by atoms with Gasteiger partial charge in [-0.2, -0.15) is 5.26 Å². The van der Waals surface area contributed by atoms with Gasteiger partial charge in [-0.25, -0.2) is 4.39 Å². The van der Waals surface area contributed by atoms with Crippen molar-refractivity contribution in [2.75, 3.05) is 31.8 Å². The molecule has 1 aromatic heterocycles. The van der Waals surface area contributed by atoms with Crippen molar-refractivity contribution in [2.45, 2.75) is 25.3 Å². The van der Waals surface area contributed by atoms with Gasteiger partial charge in [0.2, 0.25) is 11.8 Å². The second-order valence-electron chi connectivity index (χ2n) is 8.59. The van der Waals surface area contributed by atoms with Gasteiger partial charge >= 0.3 is 0 Å². The van der Waals surface area contributed by atoms with Crippen LogP contribution < -0.4 is 10.6 Å². The largest absolute Gasteiger partial charge is 0.343 e. The molecule has 3 aromatic rings. The number of hydrogen-bond acceptors (Lipinski definition) is 5. The molecule has 2 aromatic carbocycles. The van der Waals surface area contributed by atoms with Crippen LogP contribution in [-0.4, -0.2) is 60.1 Å². The fourth-order valence-electron chi connectivity index (χ4n) is 4.38. The van der Waals surface area contributed by atoms with E-state index in [0.29, 0.717) is 29.3 Å². The molecule has 0 aliphatic carbocycles. The van der Waals surface area contributed by atoms with E-state index in [1.807, 2.05) is 36.4 Å². The Balaban J connectivity index is 1.56. The van der Waals surface area contributed by atoms with E-state index in [0.717, 1.165) is 27.3 Å². The number of aromatic nitrogens is 1. The van der Waals surface area contributed by atoms with Crippen molar-refractivity contribution in [3.05, 3.63) is 59.8 Å². The maximum atomic E-state index is 13.0. The van der Waals surface area contributed by atoms with Crippen LogP contribution in [0, 0.1) is 11.3 Å². The number of alkyl halides is 2. The predicted molar refractivity (Wildman–Crippen MR) is 134 cm³/mol. The lowest BCUT2D eigenvalue weighted by Crippen LogP contribution is -2.46. The number of rotatable bonds is 9. The van der Waals surface area contributed by atoms with Gasteiger partial charge in [-0.15, -0.1) is 0 Å². The normalized spacial score (nSPS) is 13.3. The van der Waals surface area contributed by atoms with Crippen molar-refractivity contribution in [1.29, 1.82) is 5.26 Å². The summed E-state index contributed by atoms with van der Waals surface area (Å²) in [6.45, 7) is -2.55. The standard InChI is InChI=1S/C27H25F2N5O3/c28-9-7-20(15-30)34(12-10-29)26(36)16-32-27(37)21-8-11-31-24-5-2-18(14-22(21)24)17-1-4-23-19(13-17)3-6-25(35)33-23/h1-2,4-5,8,11,13-14,20H,3,6-7,9-10,12,16H2,(H,32,37)(H,33,35)/t20-/m0/s1. The van der Waals surface area contributed by atoms with Gasteiger partial charge in [-0.3, -0.25) is 23.8 Å². The third kappa shape index (κ3) is 5.72. The number of carbonyl (C=O) groups is 3. The second kappa shape index (κ2) is 11.6. The van der Waals surface area contributed by atoms with E-state index < -0.39 is 37.8 Å². The summed E-state index contributed by atoms with van der Waals surface area (Å²) in [5.41, 5.74) is 4.46. The zero-order valence-corrected chi connectivity index (χ0v) is 20.0. The molecule has 0 radical (unpaired) electrons. The number of nitrogens with zero attached hydrogens (tertiary/aromatic N) is 3. The Morgan fingerprint density at radius 3 is 2.65 bits per heavy atom. The Morgan fingerprint density at radius 1 is 1.11 bits per heavy atom. The molecule has 0 unspecified atom stereocenters. The topological polar surface area (TPSA) is 115 Å². The predicted octanol–water partition coefficient (Wildman–Crippen LogP) is 3.57. The van der Waals surface area contributed by atoms with E-state index >= 15 is 0 Å². The van der Waals surface area contributed by atoms with Crippen LogP contribution in [0.2, 0.25) is 0 Å². The lowest BCUT2D eigenvalue weighted by atomic mass is 9.95. The molecule has 10 heteroatoms. The summed E-state index contributed by atoms with van der Waals surface area (Å²) in [6, 6.07) is 13.5. The maximum absolute atomic E-state index is 13.0. The molecule has 0 saturated carbocycles. The fourth-order valence-corrected chi connectivity index (χ4v) is 4.38. The lowest BCUT2D eigenvalue weighted by Gasteiger charge is -2.25. The SMILES string of the molecule is N#C[C@H](CCF)N(CCF)C(=O)CNC(=O)c1ccnc2ccc(-c3ccc4c(c3)CCC(=O)N4)cc12.